The van der Waals surface area contributed by atoms with Gasteiger partial charge in [-0.2, -0.15) is 18.2 Å². The summed E-state index contributed by atoms with van der Waals surface area (Å²) in [5.74, 6) is 0.258. The van der Waals surface area contributed by atoms with Crippen LogP contribution < -0.4 is 15.8 Å². The van der Waals surface area contributed by atoms with E-state index in [1.165, 1.54) is 41.3 Å². The van der Waals surface area contributed by atoms with E-state index >= 15 is 0 Å². The fraction of sp³-hybridized carbons (Fsp3) is 0.321. The summed E-state index contributed by atoms with van der Waals surface area (Å²) >= 11 is -1.91. The zero-order valence-corrected chi connectivity index (χ0v) is 23.1. The largest absolute Gasteiger partial charge is 0.612 e. The minimum absolute atomic E-state index is 0.155. The number of hydrogen-bond donors (Lipinski definition) is 1. The lowest BCUT2D eigenvalue weighted by molar-refractivity contribution is -0.139. The summed E-state index contributed by atoms with van der Waals surface area (Å²) in [4.78, 5) is 26.6. The summed E-state index contributed by atoms with van der Waals surface area (Å²) in [5.41, 5.74) is 0.00858. The number of benzene rings is 2. The predicted octanol–water partition coefficient (Wildman–Crippen LogP) is 4.73. The second-order valence-electron chi connectivity index (χ2n) is 9.67. The van der Waals surface area contributed by atoms with Crippen molar-refractivity contribution in [3.05, 3.63) is 70.6 Å². The number of likely N-dealkylation sites (N-methyl/N-ethyl adjacent to an activating group) is 1. The zero-order valence-electron chi connectivity index (χ0n) is 22.3. The third-order valence-corrected chi connectivity index (χ3v) is 8.00. The number of pyridine rings is 1. The van der Waals surface area contributed by atoms with Crippen molar-refractivity contribution < 1.29 is 17.7 Å². The summed E-state index contributed by atoms with van der Waals surface area (Å²) in [7, 11) is 2.11. The fourth-order valence-corrected chi connectivity index (χ4v) is 5.73. The number of anilines is 3. The molecule has 12 heteroatoms. The Labute approximate surface area is 232 Å². The summed E-state index contributed by atoms with van der Waals surface area (Å²) in [5, 5.41) is 3.56. The molecule has 0 saturated carbocycles. The molecule has 0 radical (unpaired) electrons. The molecule has 4 aromatic rings. The van der Waals surface area contributed by atoms with Crippen molar-refractivity contribution in [1.29, 1.82) is 0 Å². The number of hydrogen-bond acceptors (Lipinski definition) is 7. The number of fused-ring (bicyclic) bond motifs is 1. The molecule has 1 aliphatic heterocycles. The van der Waals surface area contributed by atoms with Gasteiger partial charge in [0.15, 0.2) is 4.90 Å². The van der Waals surface area contributed by atoms with Crippen molar-refractivity contribution in [3.63, 3.8) is 0 Å². The first-order valence-corrected chi connectivity index (χ1v) is 14.4. The summed E-state index contributed by atoms with van der Waals surface area (Å²) < 4.78 is 55.8. The van der Waals surface area contributed by atoms with Crippen molar-refractivity contribution in [2.45, 2.75) is 24.5 Å². The molecule has 3 heterocycles. The van der Waals surface area contributed by atoms with E-state index in [1.54, 1.807) is 6.92 Å². The maximum atomic E-state index is 14.1. The first kappa shape index (κ1) is 27.9. The van der Waals surface area contributed by atoms with Gasteiger partial charge in [0, 0.05) is 66.8 Å². The van der Waals surface area contributed by atoms with Crippen molar-refractivity contribution in [2.75, 3.05) is 49.7 Å². The lowest BCUT2D eigenvalue weighted by atomic mass is 9.99. The van der Waals surface area contributed by atoms with Crippen LogP contribution in [0.5, 0.6) is 0 Å². The molecule has 1 N–H and O–H groups in total. The Bertz CT molecular complexity index is 1580. The fourth-order valence-electron chi connectivity index (χ4n) is 4.94. The molecule has 1 unspecified atom stereocenters. The van der Waals surface area contributed by atoms with Crippen molar-refractivity contribution in [3.8, 4) is 11.1 Å². The monoisotopic (exact) mass is 570 g/mol. The van der Waals surface area contributed by atoms with Crippen LogP contribution in [0.4, 0.5) is 30.5 Å². The third-order valence-electron chi connectivity index (χ3n) is 7.04. The molecular formula is C28H29F3N6O2S. The third kappa shape index (κ3) is 5.51. The van der Waals surface area contributed by atoms with Gasteiger partial charge in [0.25, 0.3) is 5.56 Å². The zero-order chi connectivity index (χ0) is 28.6. The molecule has 1 saturated heterocycles. The van der Waals surface area contributed by atoms with Crippen LogP contribution in [0.25, 0.3) is 22.2 Å². The Balaban J connectivity index is 1.50. The van der Waals surface area contributed by atoms with Gasteiger partial charge in [0.2, 0.25) is 5.95 Å². The van der Waals surface area contributed by atoms with Crippen LogP contribution in [0.1, 0.15) is 12.5 Å². The van der Waals surface area contributed by atoms with E-state index in [2.05, 4.69) is 32.1 Å². The van der Waals surface area contributed by atoms with Gasteiger partial charge in [-0.1, -0.05) is 12.1 Å². The van der Waals surface area contributed by atoms with E-state index in [0.29, 0.717) is 11.0 Å². The van der Waals surface area contributed by atoms with Gasteiger partial charge in [-0.25, -0.2) is 4.98 Å². The normalized spacial score (nSPS) is 15.4. The quantitative estimate of drug-likeness (QED) is 0.335. The second kappa shape index (κ2) is 11.1. The molecule has 1 aliphatic rings. The van der Waals surface area contributed by atoms with Gasteiger partial charge in [0.1, 0.15) is 17.5 Å². The van der Waals surface area contributed by atoms with Gasteiger partial charge in [-0.05, 0) is 61.5 Å². The summed E-state index contributed by atoms with van der Waals surface area (Å²) in [6.45, 7) is 5.83. The highest BCUT2D eigenvalue weighted by atomic mass is 32.2. The van der Waals surface area contributed by atoms with Gasteiger partial charge in [0.05, 0.1) is 0 Å². The smallest absolute Gasteiger partial charge is 0.421 e. The first-order valence-electron chi connectivity index (χ1n) is 12.8. The lowest BCUT2D eigenvalue weighted by Crippen LogP contribution is -2.44. The average molecular weight is 571 g/mol. The Hall–Kier alpha value is -3.61. The first-order chi connectivity index (χ1) is 19.1. The van der Waals surface area contributed by atoms with Crippen molar-refractivity contribution in [1.82, 2.24) is 19.4 Å². The van der Waals surface area contributed by atoms with Gasteiger partial charge >= 0.3 is 6.18 Å². The molecular weight excluding hydrogens is 541 g/mol. The second-order valence-corrected chi connectivity index (χ2v) is 11.0. The lowest BCUT2D eigenvalue weighted by Gasteiger charge is -2.34. The van der Waals surface area contributed by atoms with Crippen molar-refractivity contribution >= 4 is 39.5 Å². The van der Waals surface area contributed by atoms with Crippen LogP contribution in [0.2, 0.25) is 0 Å². The SMILES string of the molecule is CCn1c(=O)c(-c2cccc([S+](C)[O-])c2C(F)(F)F)cc2cnc(Nc3ccc(N4CCN(C)CC4)cc3)nc21. The Morgan fingerprint density at radius 1 is 1.05 bits per heavy atom. The maximum absolute atomic E-state index is 14.1. The summed E-state index contributed by atoms with van der Waals surface area (Å²) in [6, 6.07) is 13.0. The van der Waals surface area contributed by atoms with Gasteiger partial charge in [-0.15, -0.1) is 0 Å². The molecule has 1 atom stereocenters. The van der Waals surface area contributed by atoms with Crippen LogP contribution in [-0.2, 0) is 23.9 Å². The molecule has 40 heavy (non-hydrogen) atoms. The molecule has 8 nitrogen and oxygen atoms in total. The Kier molecular flexibility index (Phi) is 7.76. The molecule has 0 bridgehead atoms. The molecule has 2 aromatic carbocycles. The molecule has 1 fully saturated rings. The topological polar surface area (TPSA) is 89.3 Å². The molecule has 0 aliphatic carbocycles. The van der Waals surface area contributed by atoms with E-state index in [9.17, 15) is 22.5 Å². The van der Waals surface area contributed by atoms with E-state index in [-0.39, 0.29) is 28.5 Å². The van der Waals surface area contributed by atoms with E-state index in [4.69, 9.17) is 0 Å². The number of alkyl halides is 3. The van der Waals surface area contributed by atoms with Gasteiger partial charge in [-0.3, -0.25) is 9.36 Å². The molecule has 5 rings (SSSR count). The number of rotatable bonds is 6. The molecule has 0 amide bonds. The Morgan fingerprint density at radius 2 is 1.75 bits per heavy atom. The maximum Gasteiger partial charge on any atom is 0.421 e. The minimum Gasteiger partial charge on any atom is -0.612 e. The number of aryl methyl sites for hydroxylation is 1. The highest BCUT2D eigenvalue weighted by molar-refractivity contribution is 7.90. The average Bonchev–Trinajstić information content (AvgIpc) is 2.93. The van der Waals surface area contributed by atoms with E-state index < -0.39 is 28.5 Å². The number of aromatic nitrogens is 3. The Morgan fingerprint density at radius 3 is 2.38 bits per heavy atom. The number of nitrogens with zero attached hydrogens (tertiary/aromatic N) is 5. The van der Waals surface area contributed by atoms with Crippen LogP contribution in [-0.4, -0.2) is 63.5 Å². The van der Waals surface area contributed by atoms with E-state index in [1.807, 2.05) is 24.3 Å². The number of halogens is 3. The highest BCUT2D eigenvalue weighted by Gasteiger charge is 2.40. The molecule has 210 valence electrons. The van der Waals surface area contributed by atoms with E-state index in [0.717, 1.165) is 37.6 Å². The van der Waals surface area contributed by atoms with Crippen molar-refractivity contribution in [2.24, 2.45) is 0 Å². The van der Waals surface area contributed by atoms with Crippen LogP contribution in [0, 0.1) is 0 Å². The van der Waals surface area contributed by atoms with Crippen LogP contribution in [0.15, 0.2) is 64.4 Å². The number of nitrogens with one attached hydrogen (secondary N) is 1. The molecule has 0 spiro atoms. The predicted molar refractivity (Wildman–Crippen MR) is 152 cm³/mol. The highest BCUT2D eigenvalue weighted by Crippen LogP contribution is 2.40. The van der Waals surface area contributed by atoms with Gasteiger partial charge < -0.3 is 19.7 Å². The molecule has 2 aromatic heterocycles. The standard InChI is InChI=1S/C28H29F3N6O2S/c1-4-37-25-18(16-22(26(37)38)21-6-5-7-23(40(3)39)24(21)28(29,30)31)17-32-27(34-25)33-19-8-10-20(11-9-19)36-14-12-35(2)13-15-36/h5-11,16-17H,4,12-15H2,1-3H3,(H,32,33,34). The van der Waals surface area contributed by atoms with Crippen LogP contribution in [0.3, 0.4) is 0 Å². The van der Waals surface area contributed by atoms with Crippen LogP contribution >= 0.6 is 0 Å². The minimum atomic E-state index is -4.81. The summed E-state index contributed by atoms with van der Waals surface area (Å²) in [6.07, 6.45) is -2.14. The number of piperazine rings is 1.